The van der Waals surface area contributed by atoms with E-state index in [1.165, 1.54) is 6.07 Å². The monoisotopic (exact) mass is 244 g/mol. The zero-order chi connectivity index (χ0) is 10.0. The van der Waals surface area contributed by atoms with Crippen molar-refractivity contribution in [3.8, 4) is 0 Å². The van der Waals surface area contributed by atoms with Crippen LogP contribution in [-0.2, 0) is 6.54 Å². The second-order valence-corrected chi connectivity index (χ2v) is 3.60. The zero-order valence-corrected chi connectivity index (χ0v) is 8.67. The molecule has 0 unspecified atom stereocenters. The number of aryl methyl sites for hydroxylation is 1. The molecule has 1 aromatic rings. The van der Waals surface area contributed by atoms with E-state index in [-0.39, 0.29) is 12.2 Å². The Morgan fingerprint density at radius 1 is 1.62 bits per heavy atom. The van der Waals surface area contributed by atoms with Gasteiger partial charge in [0.2, 0.25) is 0 Å². The first kappa shape index (κ1) is 10.1. The molecule has 0 atom stereocenters. The summed E-state index contributed by atoms with van der Waals surface area (Å²) < 4.78 is 0.703. The van der Waals surface area contributed by atoms with Crippen LogP contribution in [0.1, 0.15) is 11.1 Å². The summed E-state index contributed by atoms with van der Waals surface area (Å²) in [6.07, 6.45) is 0. The van der Waals surface area contributed by atoms with Crippen molar-refractivity contribution in [2.24, 2.45) is 5.73 Å². The van der Waals surface area contributed by atoms with E-state index in [1.54, 1.807) is 6.92 Å². The molecule has 70 valence electrons. The second-order valence-electron chi connectivity index (χ2n) is 2.68. The quantitative estimate of drug-likeness (QED) is 0.640. The van der Waals surface area contributed by atoms with Crippen LogP contribution in [0.25, 0.3) is 0 Å². The first-order valence-electron chi connectivity index (χ1n) is 3.69. The van der Waals surface area contributed by atoms with E-state index in [9.17, 15) is 10.1 Å². The number of halogens is 1. The summed E-state index contributed by atoms with van der Waals surface area (Å²) in [6.45, 7) is 2.00. The molecule has 0 radical (unpaired) electrons. The Morgan fingerprint density at radius 3 is 2.69 bits per heavy atom. The molecule has 0 heterocycles. The third-order valence-electron chi connectivity index (χ3n) is 1.82. The van der Waals surface area contributed by atoms with Crippen molar-refractivity contribution >= 4 is 21.6 Å². The Hall–Kier alpha value is -0.940. The van der Waals surface area contributed by atoms with Crippen LogP contribution < -0.4 is 5.73 Å². The van der Waals surface area contributed by atoms with Crippen LogP contribution in [0.15, 0.2) is 16.6 Å². The van der Waals surface area contributed by atoms with E-state index >= 15 is 0 Å². The van der Waals surface area contributed by atoms with Gasteiger partial charge in [-0.05, 0) is 18.6 Å². The molecule has 0 bridgehead atoms. The van der Waals surface area contributed by atoms with Gasteiger partial charge in [-0.1, -0.05) is 15.9 Å². The molecule has 0 saturated carbocycles. The van der Waals surface area contributed by atoms with Gasteiger partial charge in [0.15, 0.2) is 0 Å². The van der Waals surface area contributed by atoms with Gasteiger partial charge in [0, 0.05) is 22.6 Å². The molecule has 0 aliphatic carbocycles. The number of rotatable bonds is 2. The lowest BCUT2D eigenvalue weighted by Crippen LogP contribution is -2.04. The van der Waals surface area contributed by atoms with E-state index in [2.05, 4.69) is 15.9 Å². The van der Waals surface area contributed by atoms with Crippen molar-refractivity contribution < 1.29 is 4.92 Å². The number of nitrogens with two attached hydrogens (primary N) is 1. The zero-order valence-electron chi connectivity index (χ0n) is 7.08. The van der Waals surface area contributed by atoms with Crippen molar-refractivity contribution in [1.82, 2.24) is 0 Å². The molecule has 1 rings (SSSR count). The molecule has 0 aliphatic heterocycles. The highest BCUT2D eigenvalue weighted by Gasteiger charge is 2.15. The van der Waals surface area contributed by atoms with E-state index in [0.29, 0.717) is 10.0 Å². The Labute approximate surface area is 84.0 Å². The molecule has 0 aromatic heterocycles. The molecule has 0 spiro atoms. The number of hydrogen-bond acceptors (Lipinski definition) is 3. The highest BCUT2D eigenvalue weighted by molar-refractivity contribution is 9.10. The minimum atomic E-state index is -0.417. The first-order valence-corrected chi connectivity index (χ1v) is 4.49. The summed E-state index contributed by atoms with van der Waals surface area (Å²) in [6, 6.07) is 3.28. The van der Waals surface area contributed by atoms with Crippen LogP contribution in [-0.4, -0.2) is 4.92 Å². The molecule has 4 nitrogen and oxygen atoms in total. The van der Waals surface area contributed by atoms with Crippen LogP contribution in [0.3, 0.4) is 0 Å². The average Bonchev–Trinajstić information content (AvgIpc) is 2.02. The number of nitro benzene ring substituents is 1. The molecular weight excluding hydrogens is 236 g/mol. The fourth-order valence-corrected chi connectivity index (χ4v) is 1.74. The number of benzene rings is 1. The molecule has 1 aromatic carbocycles. The fraction of sp³-hybridized carbons (Fsp3) is 0.250. The molecule has 0 amide bonds. The maximum atomic E-state index is 10.6. The SMILES string of the molecule is Cc1cc(Br)cc([N+](=O)[O-])c1CN. The van der Waals surface area contributed by atoms with E-state index in [0.717, 1.165) is 5.56 Å². The minimum absolute atomic E-state index is 0.0781. The highest BCUT2D eigenvalue weighted by atomic mass is 79.9. The minimum Gasteiger partial charge on any atom is -0.326 e. The van der Waals surface area contributed by atoms with E-state index < -0.39 is 4.92 Å². The van der Waals surface area contributed by atoms with Crippen molar-refractivity contribution in [2.75, 3.05) is 0 Å². The van der Waals surface area contributed by atoms with Crippen LogP contribution >= 0.6 is 15.9 Å². The highest BCUT2D eigenvalue weighted by Crippen LogP contribution is 2.26. The number of nitro groups is 1. The standard InChI is InChI=1S/C8H9BrN2O2/c1-5-2-6(9)3-8(11(12)13)7(5)4-10/h2-3H,4,10H2,1H3. The summed E-state index contributed by atoms with van der Waals surface area (Å²) >= 11 is 3.20. The summed E-state index contributed by atoms with van der Waals surface area (Å²) in [5.41, 5.74) is 6.93. The van der Waals surface area contributed by atoms with Crippen molar-refractivity contribution in [2.45, 2.75) is 13.5 Å². The average molecular weight is 245 g/mol. The van der Waals surface area contributed by atoms with Crippen LogP contribution in [0.4, 0.5) is 5.69 Å². The summed E-state index contributed by atoms with van der Waals surface area (Å²) in [5.74, 6) is 0. The predicted octanol–water partition coefficient (Wildman–Crippen LogP) is 2.12. The third-order valence-corrected chi connectivity index (χ3v) is 2.27. The van der Waals surface area contributed by atoms with Crippen molar-refractivity contribution in [1.29, 1.82) is 0 Å². The normalized spacial score (nSPS) is 10.1. The van der Waals surface area contributed by atoms with Gasteiger partial charge in [0.25, 0.3) is 5.69 Å². The Bertz CT molecular complexity index is 352. The van der Waals surface area contributed by atoms with Gasteiger partial charge in [-0.25, -0.2) is 0 Å². The summed E-state index contributed by atoms with van der Waals surface area (Å²) in [4.78, 5) is 10.2. The molecular formula is C8H9BrN2O2. The van der Waals surface area contributed by atoms with Crippen LogP contribution in [0.2, 0.25) is 0 Å². The third kappa shape index (κ3) is 2.05. The molecule has 5 heteroatoms. The summed E-state index contributed by atoms with van der Waals surface area (Å²) in [7, 11) is 0. The predicted molar refractivity (Wildman–Crippen MR) is 53.4 cm³/mol. The van der Waals surface area contributed by atoms with Gasteiger partial charge in [0.1, 0.15) is 0 Å². The maximum Gasteiger partial charge on any atom is 0.275 e. The second kappa shape index (κ2) is 3.85. The molecule has 0 fully saturated rings. The van der Waals surface area contributed by atoms with Gasteiger partial charge in [-0.15, -0.1) is 0 Å². The van der Waals surface area contributed by atoms with Gasteiger partial charge in [-0.2, -0.15) is 0 Å². The van der Waals surface area contributed by atoms with Crippen LogP contribution in [0.5, 0.6) is 0 Å². The lowest BCUT2D eigenvalue weighted by Gasteiger charge is -2.04. The molecule has 0 saturated heterocycles. The Balaban J connectivity index is 3.38. The Morgan fingerprint density at radius 2 is 2.23 bits per heavy atom. The lowest BCUT2D eigenvalue weighted by atomic mass is 10.1. The van der Waals surface area contributed by atoms with Gasteiger partial charge in [-0.3, -0.25) is 10.1 Å². The number of hydrogen-bond donors (Lipinski definition) is 1. The smallest absolute Gasteiger partial charge is 0.275 e. The lowest BCUT2D eigenvalue weighted by molar-refractivity contribution is -0.385. The molecule has 0 aliphatic rings. The summed E-state index contributed by atoms with van der Waals surface area (Å²) in [5, 5.41) is 10.6. The maximum absolute atomic E-state index is 10.6. The fourth-order valence-electron chi connectivity index (χ4n) is 1.18. The van der Waals surface area contributed by atoms with Gasteiger partial charge >= 0.3 is 0 Å². The Kier molecular flexibility index (Phi) is 3.00. The van der Waals surface area contributed by atoms with Gasteiger partial charge < -0.3 is 5.73 Å². The van der Waals surface area contributed by atoms with Crippen molar-refractivity contribution in [3.63, 3.8) is 0 Å². The molecule has 13 heavy (non-hydrogen) atoms. The van der Waals surface area contributed by atoms with Crippen molar-refractivity contribution in [3.05, 3.63) is 37.8 Å². The largest absolute Gasteiger partial charge is 0.326 e. The van der Waals surface area contributed by atoms with E-state index in [4.69, 9.17) is 5.73 Å². The van der Waals surface area contributed by atoms with Crippen LogP contribution in [0, 0.1) is 17.0 Å². The number of nitrogens with zero attached hydrogens (tertiary/aromatic N) is 1. The first-order chi connectivity index (χ1) is 6.06. The van der Waals surface area contributed by atoms with E-state index in [1.807, 2.05) is 6.07 Å². The topological polar surface area (TPSA) is 69.2 Å². The molecule has 2 N–H and O–H groups in total. The van der Waals surface area contributed by atoms with Gasteiger partial charge in [0.05, 0.1) is 4.92 Å².